The maximum absolute atomic E-state index is 13.3. The molecule has 1 saturated carbocycles. The summed E-state index contributed by atoms with van der Waals surface area (Å²) in [5.41, 5.74) is 2.16. The molecule has 6 nitrogen and oxygen atoms in total. The Morgan fingerprint density at radius 1 is 1.13 bits per heavy atom. The van der Waals surface area contributed by atoms with E-state index >= 15 is 0 Å². The fraction of sp³-hybridized carbons (Fsp3) is 0.417. The van der Waals surface area contributed by atoms with Gasteiger partial charge in [-0.05, 0) is 67.6 Å². The second-order valence-corrected chi connectivity index (χ2v) is 8.44. The van der Waals surface area contributed by atoms with Crippen LogP contribution in [0.15, 0.2) is 36.4 Å². The maximum atomic E-state index is 13.3. The largest absolute Gasteiger partial charge is 0.486 e. The smallest absolute Gasteiger partial charge is 0.328 e. The van der Waals surface area contributed by atoms with Gasteiger partial charge in [0.1, 0.15) is 19.3 Å². The molecule has 2 aromatic rings. The van der Waals surface area contributed by atoms with Gasteiger partial charge in [0.25, 0.3) is 0 Å². The summed E-state index contributed by atoms with van der Waals surface area (Å²) < 4.78 is 16.4. The Kier molecular flexibility index (Phi) is 6.10. The maximum Gasteiger partial charge on any atom is 0.328 e. The average molecular weight is 444 g/mol. The lowest BCUT2D eigenvalue weighted by molar-refractivity contribution is -0.147. The van der Waals surface area contributed by atoms with E-state index in [1.54, 1.807) is 13.0 Å². The lowest BCUT2D eigenvalue weighted by atomic mass is 9.90. The molecule has 2 aliphatic rings. The molecule has 0 bridgehead atoms. The first-order valence-electron chi connectivity index (χ1n) is 10.6. The van der Waals surface area contributed by atoms with Crippen LogP contribution in [0.4, 0.5) is 0 Å². The zero-order chi connectivity index (χ0) is 22.0. The van der Waals surface area contributed by atoms with Crippen LogP contribution in [0.3, 0.4) is 0 Å². The second kappa shape index (κ2) is 8.79. The summed E-state index contributed by atoms with van der Waals surface area (Å²) in [6.07, 6.45) is 1.78. The molecule has 1 amide bonds. The van der Waals surface area contributed by atoms with Gasteiger partial charge in [-0.3, -0.25) is 4.79 Å². The summed E-state index contributed by atoms with van der Waals surface area (Å²) in [7, 11) is 0. The van der Waals surface area contributed by atoms with E-state index in [4.69, 9.17) is 25.8 Å². The van der Waals surface area contributed by atoms with Gasteiger partial charge in [-0.1, -0.05) is 23.7 Å². The summed E-state index contributed by atoms with van der Waals surface area (Å²) in [6.45, 7) is 4.94. The molecule has 1 aliphatic carbocycles. The molecule has 0 saturated heterocycles. The SMILES string of the molecule is CCOC(=O)[C@H](Cc1ccc2c(c1)OCCO2)NC(=O)C1(c2ccc(Cl)cc2C)CC1. The highest BCUT2D eigenvalue weighted by molar-refractivity contribution is 6.30. The predicted molar refractivity (Wildman–Crippen MR) is 117 cm³/mol. The number of esters is 1. The fourth-order valence-corrected chi connectivity index (χ4v) is 4.32. The number of hydrogen-bond acceptors (Lipinski definition) is 5. The van der Waals surface area contributed by atoms with E-state index in [0.717, 1.165) is 29.5 Å². The number of fused-ring (bicyclic) bond motifs is 1. The third kappa shape index (κ3) is 4.49. The summed E-state index contributed by atoms with van der Waals surface area (Å²) in [5.74, 6) is 0.720. The van der Waals surface area contributed by atoms with E-state index in [1.807, 2.05) is 37.3 Å². The predicted octanol–water partition coefficient (Wildman–Crippen LogP) is 3.74. The molecule has 1 atom stereocenters. The van der Waals surface area contributed by atoms with E-state index < -0.39 is 17.4 Å². The highest BCUT2D eigenvalue weighted by Crippen LogP contribution is 2.50. The van der Waals surface area contributed by atoms with Crippen molar-refractivity contribution in [1.82, 2.24) is 5.32 Å². The van der Waals surface area contributed by atoms with Gasteiger partial charge in [-0.15, -0.1) is 0 Å². The van der Waals surface area contributed by atoms with Crippen LogP contribution in [0.2, 0.25) is 5.02 Å². The van der Waals surface area contributed by atoms with Crippen LogP contribution >= 0.6 is 11.6 Å². The standard InChI is InChI=1S/C24H26ClNO5/c1-3-29-22(27)19(13-16-4-7-20-21(14-16)31-11-10-30-20)26-23(28)24(8-9-24)18-6-5-17(25)12-15(18)2/h4-7,12,14,19H,3,8-11,13H2,1-2H3,(H,26,28)/t19-/m0/s1. The van der Waals surface area contributed by atoms with E-state index in [2.05, 4.69) is 5.32 Å². The molecule has 7 heteroatoms. The first kappa shape index (κ1) is 21.5. The van der Waals surface area contributed by atoms with Crippen molar-refractivity contribution in [2.75, 3.05) is 19.8 Å². The van der Waals surface area contributed by atoms with Crippen LogP contribution in [0.5, 0.6) is 11.5 Å². The van der Waals surface area contributed by atoms with Crippen LogP contribution in [0.25, 0.3) is 0 Å². The van der Waals surface area contributed by atoms with E-state index in [9.17, 15) is 9.59 Å². The number of ether oxygens (including phenoxy) is 3. The molecule has 31 heavy (non-hydrogen) atoms. The Bertz CT molecular complexity index is 1000. The number of halogens is 1. The number of carbonyl (C=O) groups is 2. The van der Waals surface area contributed by atoms with Gasteiger partial charge in [-0.25, -0.2) is 4.79 Å². The molecule has 0 aromatic heterocycles. The molecule has 164 valence electrons. The molecular weight excluding hydrogens is 418 g/mol. The van der Waals surface area contributed by atoms with Gasteiger partial charge in [0.2, 0.25) is 5.91 Å². The molecule has 1 aliphatic heterocycles. The minimum absolute atomic E-state index is 0.159. The van der Waals surface area contributed by atoms with Gasteiger partial charge in [-0.2, -0.15) is 0 Å². The summed E-state index contributed by atoms with van der Waals surface area (Å²) in [5, 5.41) is 3.59. The van der Waals surface area contributed by atoms with E-state index in [0.29, 0.717) is 36.2 Å². The number of hydrogen-bond donors (Lipinski definition) is 1. The normalized spacial score (nSPS) is 16.9. The van der Waals surface area contributed by atoms with Crippen molar-refractivity contribution >= 4 is 23.5 Å². The van der Waals surface area contributed by atoms with Crippen molar-refractivity contribution in [2.24, 2.45) is 0 Å². The number of benzene rings is 2. The molecule has 1 fully saturated rings. The van der Waals surface area contributed by atoms with Crippen molar-refractivity contribution in [3.05, 3.63) is 58.1 Å². The molecule has 1 heterocycles. The molecular formula is C24H26ClNO5. The van der Waals surface area contributed by atoms with E-state index in [-0.39, 0.29) is 12.5 Å². The highest BCUT2D eigenvalue weighted by atomic mass is 35.5. The van der Waals surface area contributed by atoms with Gasteiger partial charge < -0.3 is 19.5 Å². The molecule has 0 radical (unpaired) electrons. The zero-order valence-electron chi connectivity index (χ0n) is 17.7. The van der Waals surface area contributed by atoms with Crippen LogP contribution in [0, 0.1) is 6.92 Å². The quantitative estimate of drug-likeness (QED) is 0.660. The first-order chi connectivity index (χ1) is 14.9. The zero-order valence-corrected chi connectivity index (χ0v) is 18.5. The third-order valence-electron chi connectivity index (χ3n) is 5.81. The lowest BCUT2D eigenvalue weighted by Gasteiger charge is -2.24. The van der Waals surface area contributed by atoms with E-state index in [1.165, 1.54) is 0 Å². The van der Waals surface area contributed by atoms with Crippen LogP contribution in [-0.4, -0.2) is 37.7 Å². The fourth-order valence-electron chi connectivity index (χ4n) is 4.09. The van der Waals surface area contributed by atoms with Gasteiger partial charge in [0, 0.05) is 11.4 Å². The number of amides is 1. The molecule has 0 spiro atoms. The second-order valence-electron chi connectivity index (χ2n) is 8.00. The summed E-state index contributed by atoms with van der Waals surface area (Å²) >= 11 is 6.09. The summed E-state index contributed by atoms with van der Waals surface area (Å²) in [4.78, 5) is 26.0. The Balaban J connectivity index is 1.54. The van der Waals surface area contributed by atoms with Crippen LogP contribution < -0.4 is 14.8 Å². The van der Waals surface area contributed by atoms with Crippen LogP contribution in [-0.2, 0) is 26.2 Å². The van der Waals surface area contributed by atoms with Crippen molar-refractivity contribution < 1.29 is 23.8 Å². The van der Waals surface area contributed by atoms with Gasteiger partial charge in [0.05, 0.1) is 12.0 Å². The Hall–Kier alpha value is -2.73. The Morgan fingerprint density at radius 3 is 2.55 bits per heavy atom. The Labute approximate surface area is 186 Å². The monoisotopic (exact) mass is 443 g/mol. The van der Waals surface area contributed by atoms with Gasteiger partial charge >= 0.3 is 5.97 Å². The van der Waals surface area contributed by atoms with Crippen LogP contribution in [0.1, 0.15) is 36.5 Å². The molecule has 1 N–H and O–H groups in total. The minimum atomic E-state index is -0.792. The first-order valence-corrected chi connectivity index (χ1v) is 10.9. The third-order valence-corrected chi connectivity index (χ3v) is 6.05. The molecule has 0 unspecified atom stereocenters. The summed E-state index contributed by atoms with van der Waals surface area (Å²) in [6, 6.07) is 10.3. The van der Waals surface area contributed by atoms with Gasteiger partial charge in [0.15, 0.2) is 11.5 Å². The lowest BCUT2D eigenvalue weighted by Crippen LogP contribution is -2.47. The topological polar surface area (TPSA) is 73.9 Å². The van der Waals surface area contributed by atoms with Crippen molar-refractivity contribution in [3.8, 4) is 11.5 Å². The number of carbonyl (C=O) groups excluding carboxylic acids is 2. The van der Waals surface area contributed by atoms with Crippen molar-refractivity contribution in [1.29, 1.82) is 0 Å². The Morgan fingerprint density at radius 2 is 1.87 bits per heavy atom. The number of nitrogens with one attached hydrogen (secondary N) is 1. The average Bonchev–Trinajstić information content (AvgIpc) is 3.55. The minimum Gasteiger partial charge on any atom is -0.486 e. The molecule has 4 rings (SSSR count). The van der Waals surface area contributed by atoms with Crippen molar-refractivity contribution in [2.45, 2.75) is 44.6 Å². The molecule has 2 aromatic carbocycles. The highest BCUT2D eigenvalue weighted by Gasteiger charge is 2.52. The number of rotatable bonds is 7. The van der Waals surface area contributed by atoms with Crippen molar-refractivity contribution in [3.63, 3.8) is 0 Å². The number of aryl methyl sites for hydroxylation is 1.